The van der Waals surface area contributed by atoms with Gasteiger partial charge in [-0.15, -0.1) is 0 Å². The topological polar surface area (TPSA) is 117 Å². The van der Waals surface area contributed by atoms with Crippen LogP contribution in [0.15, 0.2) is 73.2 Å². The van der Waals surface area contributed by atoms with Crippen LogP contribution >= 0.6 is 0 Å². The molecule has 4 aromatic rings. The van der Waals surface area contributed by atoms with Gasteiger partial charge in [-0.2, -0.15) is 4.98 Å². The second-order valence-electron chi connectivity index (χ2n) is 7.89. The first-order chi connectivity index (χ1) is 17.7. The van der Waals surface area contributed by atoms with Crippen LogP contribution in [-0.2, 0) is 4.74 Å². The maximum absolute atomic E-state index is 14.2. The summed E-state index contributed by atoms with van der Waals surface area (Å²) in [5, 5.41) is 3.25. The second-order valence-corrected chi connectivity index (χ2v) is 7.89. The highest BCUT2D eigenvalue weighted by molar-refractivity contribution is 5.93. The van der Waals surface area contributed by atoms with E-state index in [2.05, 4.69) is 36.1 Å². The first-order valence-electron chi connectivity index (χ1n) is 11.3. The maximum Gasteiger partial charge on any atom is 0.288 e. The average molecular weight is 487 g/mol. The lowest BCUT2D eigenvalue weighted by molar-refractivity contribution is 0.0957. The molecule has 0 atom stereocenters. The van der Waals surface area contributed by atoms with Crippen molar-refractivity contribution in [2.45, 2.75) is 0 Å². The zero-order valence-electron chi connectivity index (χ0n) is 19.2. The number of nitrogens with one attached hydrogen (secondary N) is 3. The molecule has 1 saturated heterocycles. The van der Waals surface area contributed by atoms with Gasteiger partial charge in [0.05, 0.1) is 37.0 Å². The minimum Gasteiger partial charge on any atom is -0.378 e. The summed E-state index contributed by atoms with van der Waals surface area (Å²) in [5.74, 6) is -0.794. The zero-order valence-corrected chi connectivity index (χ0v) is 19.2. The molecular formula is C25H23FN8O2. The number of hydrazine groups is 1. The minimum absolute atomic E-state index is 0.0682. The van der Waals surface area contributed by atoms with Gasteiger partial charge in [0.1, 0.15) is 5.69 Å². The van der Waals surface area contributed by atoms with E-state index < -0.39 is 11.7 Å². The smallest absolute Gasteiger partial charge is 0.288 e. The lowest BCUT2D eigenvalue weighted by Crippen LogP contribution is -2.38. The summed E-state index contributed by atoms with van der Waals surface area (Å²) >= 11 is 0. The highest BCUT2D eigenvalue weighted by Gasteiger charge is 2.18. The Morgan fingerprint density at radius 3 is 2.44 bits per heavy atom. The van der Waals surface area contributed by atoms with Crippen LogP contribution in [0.5, 0.6) is 0 Å². The molecule has 0 spiro atoms. The highest BCUT2D eigenvalue weighted by Crippen LogP contribution is 2.22. The molecule has 1 aromatic carbocycles. The van der Waals surface area contributed by atoms with Gasteiger partial charge in [0.25, 0.3) is 5.91 Å². The Balaban J connectivity index is 1.17. The molecule has 1 aliphatic rings. The van der Waals surface area contributed by atoms with Crippen LogP contribution in [0, 0.1) is 5.82 Å². The van der Waals surface area contributed by atoms with Crippen LogP contribution in [0.25, 0.3) is 11.3 Å². The van der Waals surface area contributed by atoms with Crippen molar-refractivity contribution in [2.24, 2.45) is 0 Å². The third-order valence-electron chi connectivity index (χ3n) is 5.45. The van der Waals surface area contributed by atoms with E-state index in [0.29, 0.717) is 26.3 Å². The molecule has 10 nitrogen and oxygen atoms in total. The Morgan fingerprint density at radius 1 is 0.917 bits per heavy atom. The zero-order chi connectivity index (χ0) is 24.7. The summed E-state index contributed by atoms with van der Waals surface area (Å²) in [7, 11) is 0. The molecule has 3 aromatic heterocycles. The van der Waals surface area contributed by atoms with Crippen molar-refractivity contribution in [1.29, 1.82) is 0 Å². The van der Waals surface area contributed by atoms with Gasteiger partial charge in [0.15, 0.2) is 11.6 Å². The molecule has 4 heterocycles. The monoisotopic (exact) mass is 486 g/mol. The molecule has 182 valence electrons. The van der Waals surface area contributed by atoms with Crippen LogP contribution < -0.4 is 21.1 Å². The normalized spacial score (nSPS) is 13.2. The molecule has 1 fully saturated rings. The number of anilines is 4. The van der Waals surface area contributed by atoms with E-state index in [1.54, 1.807) is 29.4 Å². The number of aromatic nitrogens is 4. The molecule has 0 bridgehead atoms. The molecule has 11 heteroatoms. The Bertz CT molecular complexity index is 1310. The molecular weight excluding hydrogens is 463 g/mol. The van der Waals surface area contributed by atoms with E-state index in [9.17, 15) is 9.18 Å². The largest absolute Gasteiger partial charge is 0.378 e. The number of hydrogen-bond donors (Lipinski definition) is 3. The number of carbonyl (C=O) groups excluding carboxylic acids is 1. The lowest BCUT2D eigenvalue weighted by Gasteiger charge is -2.28. The third-order valence-corrected chi connectivity index (χ3v) is 5.45. The first kappa shape index (κ1) is 23.1. The van der Waals surface area contributed by atoms with Crippen LogP contribution in [0.3, 0.4) is 0 Å². The van der Waals surface area contributed by atoms with Gasteiger partial charge < -0.3 is 15.0 Å². The van der Waals surface area contributed by atoms with E-state index >= 15 is 0 Å². The number of carbonyl (C=O) groups is 1. The summed E-state index contributed by atoms with van der Waals surface area (Å²) < 4.78 is 19.5. The van der Waals surface area contributed by atoms with Gasteiger partial charge >= 0.3 is 0 Å². The third kappa shape index (κ3) is 5.53. The van der Waals surface area contributed by atoms with Crippen LogP contribution in [0.4, 0.5) is 27.5 Å². The number of morpholine rings is 1. The first-order valence-corrected chi connectivity index (χ1v) is 11.3. The Hall–Kier alpha value is -4.64. The average Bonchev–Trinajstić information content (AvgIpc) is 2.94. The Morgan fingerprint density at radius 2 is 1.72 bits per heavy atom. The van der Waals surface area contributed by atoms with Crippen molar-refractivity contribution in [3.05, 3.63) is 84.7 Å². The Kier molecular flexibility index (Phi) is 6.90. The van der Waals surface area contributed by atoms with Crippen molar-refractivity contribution in [2.75, 3.05) is 41.9 Å². The van der Waals surface area contributed by atoms with Crippen molar-refractivity contribution in [1.82, 2.24) is 25.4 Å². The number of amides is 1. The lowest BCUT2D eigenvalue weighted by atomic mass is 10.1. The quantitative estimate of drug-likeness (QED) is 0.338. The van der Waals surface area contributed by atoms with Crippen molar-refractivity contribution >= 4 is 29.0 Å². The van der Waals surface area contributed by atoms with E-state index in [4.69, 9.17) is 4.74 Å². The number of rotatable bonds is 7. The molecule has 1 aliphatic heterocycles. The molecule has 36 heavy (non-hydrogen) atoms. The van der Waals surface area contributed by atoms with Gasteiger partial charge in [-0.3, -0.25) is 20.6 Å². The number of hydrogen-bond acceptors (Lipinski definition) is 9. The SMILES string of the molecule is O=C(NNc1ncc(F)c(N2CCOCC2)n1)c1ccc(Nc2ccc(-c3ccccn3)cc2)cn1. The fourth-order valence-corrected chi connectivity index (χ4v) is 3.62. The van der Waals surface area contributed by atoms with Crippen LogP contribution in [0.2, 0.25) is 0 Å². The molecule has 5 rings (SSSR count). The summed E-state index contributed by atoms with van der Waals surface area (Å²) in [6.45, 7) is 2.04. The van der Waals surface area contributed by atoms with Gasteiger partial charge in [0.2, 0.25) is 5.95 Å². The van der Waals surface area contributed by atoms with Crippen LogP contribution in [0.1, 0.15) is 10.5 Å². The van der Waals surface area contributed by atoms with Gasteiger partial charge in [-0.1, -0.05) is 18.2 Å². The van der Waals surface area contributed by atoms with Gasteiger partial charge in [0, 0.05) is 30.5 Å². The summed E-state index contributed by atoms with van der Waals surface area (Å²) in [5.41, 5.74) is 8.81. The van der Waals surface area contributed by atoms with Gasteiger partial charge in [-0.25, -0.2) is 14.4 Å². The molecule has 0 saturated carbocycles. The Labute approximate surface area is 206 Å². The maximum atomic E-state index is 14.2. The molecule has 3 N–H and O–H groups in total. The number of halogens is 1. The molecule has 0 aliphatic carbocycles. The van der Waals surface area contributed by atoms with E-state index in [1.807, 2.05) is 42.5 Å². The second kappa shape index (κ2) is 10.7. The number of pyridine rings is 2. The predicted octanol–water partition coefficient (Wildman–Crippen LogP) is 3.41. The standard InChI is InChI=1S/C25H23FN8O2/c26-20-16-29-25(31-23(20)34-11-13-36-14-12-34)33-32-24(35)22-9-8-19(15-28-22)30-18-6-4-17(5-7-18)21-3-1-2-10-27-21/h1-10,15-16,30H,11-14H2,(H,32,35)(H,29,31,33). The van der Waals surface area contributed by atoms with Crippen molar-refractivity contribution in [3.8, 4) is 11.3 Å². The molecule has 0 unspecified atom stereocenters. The van der Waals surface area contributed by atoms with Crippen molar-refractivity contribution < 1.29 is 13.9 Å². The minimum atomic E-state index is -0.537. The fraction of sp³-hybridized carbons (Fsp3) is 0.160. The van der Waals surface area contributed by atoms with Gasteiger partial charge in [-0.05, 0) is 36.4 Å². The predicted molar refractivity (Wildman–Crippen MR) is 133 cm³/mol. The highest BCUT2D eigenvalue weighted by atomic mass is 19.1. The van der Waals surface area contributed by atoms with Crippen LogP contribution in [-0.4, -0.2) is 52.1 Å². The number of ether oxygens (including phenoxy) is 1. The number of benzene rings is 1. The fourth-order valence-electron chi connectivity index (χ4n) is 3.62. The van der Waals surface area contributed by atoms with Crippen molar-refractivity contribution in [3.63, 3.8) is 0 Å². The van der Waals surface area contributed by atoms with E-state index in [0.717, 1.165) is 28.8 Å². The number of nitrogens with zero attached hydrogens (tertiary/aromatic N) is 5. The van der Waals surface area contributed by atoms with E-state index in [-0.39, 0.29) is 17.5 Å². The molecule has 0 radical (unpaired) electrons. The summed E-state index contributed by atoms with van der Waals surface area (Å²) in [6, 6.07) is 17.0. The molecule has 1 amide bonds. The van der Waals surface area contributed by atoms with E-state index in [1.165, 1.54) is 0 Å². The summed E-state index contributed by atoms with van der Waals surface area (Å²) in [4.78, 5) is 30.9. The summed E-state index contributed by atoms with van der Waals surface area (Å²) in [6.07, 6.45) is 4.39.